The molecule has 0 aliphatic heterocycles. The molecule has 2 aromatic rings. The molecule has 0 aromatic heterocycles. The molecule has 2 fully saturated rings. The van der Waals surface area contributed by atoms with Crippen LogP contribution in [0.3, 0.4) is 0 Å². The molecule has 0 N–H and O–H groups in total. The Bertz CT molecular complexity index is 614. The number of hydrogen-bond donors (Lipinski definition) is 0. The predicted octanol–water partition coefficient (Wildman–Crippen LogP) is 5.24. The van der Waals surface area contributed by atoms with Gasteiger partial charge in [0.15, 0.2) is 0 Å². The summed E-state index contributed by atoms with van der Waals surface area (Å²) in [6, 6.07) is 14.8. The first kappa shape index (κ1) is 22.6. The van der Waals surface area contributed by atoms with Crippen molar-refractivity contribution in [2.75, 3.05) is 0 Å². The van der Waals surface area contributed by atoms with Crippen LogP contribution in [0.2, 0.25) is 0 Å². The van der Waals surface area contributed by atoms with Crippen LogP contribution < -0.4 is 10.2 Å². The van der Waals surface area contributed by atoms with E-state index >= 15 is 0 Å². The molecule has 2 aliphatic rings. The summed E-state index contributed by atoms with van der Waals surface area (Å²) in [6.45, 7) is 0. The molecule has 4 rings (SSSR count). The molecule has 2 nitrogen and oxygen atoms in total. The molecular formula is C24H30CaO2. The van der Waals surface area contributed by atoms with Gasteiger partial charge in [0.2, 0.25) is 0 Å². The van der Waals surface area contributed by atoms with E-state index < -0.39 is 0 Å². The summed E-state index contributed by atoms with van der Waals surface area (Å²) in [5.74, 6) is 1.62. The average Bonchev–Trinajstić information content (AvgIpc) is 2.70. The van der Waals surface area contributed by atoms with Gasteiger partial charge in [-0.1, -0.05) is 87.1 Å². The van der Waals surface area contributed by atoms with Gasteiger partial charge in [-0.25, -0.2) is 0 Å². The van der Waals surface area contributed by atoms with E-state index in [1.807, 2.05) is 12.1 Å². The van der Waals surface area contributed by atoms with Crippen LogP contribution in [-0.2, 0) is 0 Å². The molecule has 2 aromatic carbocycles. The Morgan fingerprint density at radius 3 is 1.26 bits per heavy atom. The summed E-state index contributed by atoms with van der Waals surface area (Å²) in [5.41, 5.74) is 2.51. The van der Waals surface area contributed by atoms with Crippen molar-refractivity contribution in [2.24, 2.45) is 0 Å². The van der Waals surface area contributed by atoms with Gasteiger partial charge >= 0.3 is 37.7 Å². The molecule has 0 amide bonds. The van der Waals surface area contributed by atoms with Gasteiger partial charge in [-0.2, -0.15) is 0 Å². The molecule has 140 valence electrons. The Labute approximate surface area is 194 Å². The third-order valence-corrected chi connectivity index (χ3v) is 5.87. The van der Waals surface area contributed by atoms with Crippen LogP contribution in [0.5, 0.6) is 11.5 Å². The summed E-state index contributed by atoms with van der Waals surface area (Å²) in [4.78, 5) is 0. The maximum Gasteiger partial charge on any atom is 2.00 e. The van der Waals surface area contributed by atoms with E-state index in [-0.39, 0.29) is 49.2 Å². The predicted molar refractivity (Wildman–Crippen MR) is 109 cm³/mol. The summed E-state index contributed by atoms with van der Waals surface area (Å²) >= 11 is 0. The third-order valence-electron chi connectivity index (χ3n) is 5.87. The zero-order chi connectivity index (χ0) is 18.2. The fourth-order valence-corrected chi connectivity index (χ4v) is 4.41. The Morgan fingerprint density at radius 1 is 0.556 bits per heavy atom. The first-order chi connectivity index (χ1) is 12.7. The SMILES string of the molecule is [Ca+2].[O-]c1cccc(C2CCCCC2)c1.[O-]c1cccc(C2CCCCC2)c1. The molecular weight excluding hydrogens is 360 g/mol. The Hall–Kier alpha value is -0.700. The van der Waals surface area contributed by atoms with Gasteiger partial charge in [-0.05, 0) is 48.6 Å². The van der Waals surface area contributed by atoms with Crippen molar-refractivity contribution in [2.45, 2.75) is 76.0 Å². The molecule has 0 atom stereocenters. The van der Waals surface area contributed by atoms with Crippen molar-refractivity contribution in [1.29, 1.82) is 0 Å². The van der Waals surface area contributed by atoms with Crippen molar-refractivity contribution in [3.63, 3.8) is 0 Å². The van der Waals surface area contributed by atoms with Crippen LogP contribution in [-0.4, -0.2) is 37.7 Å². The quantitative estimate of drug-likeness (QED) is 0.659. The molecule has 2 aliphatic carbocycles. The Balaban J connectivity index is 0.000000187. The van der Waals surface area contributed by atoms with E-state index in [2.05, 4.69) is 12.1 Å². The van der Waals surface area contributed by atoms with Gasteiger partial charge in [0.05, 0.1) is 0 Å². The fraction of sp³-hybridized carbons (Fsp3) is 0.500. The van der Waals surface area contributed by atoms with Crippen molar-refractivity contribution in [3.05, 3.63) is 59.7 Å². The van der Waals surface area contributed by atoms with Crippen molar-refractivity contribution >= 4 is 37.7 Å². The second-order valence-corrected chi connectivity index (χ2v) is 7.81. The van der Waals surface area contributed by atoms with E-state index in [4.69, 9.17) is 0 Å². The van der Waals surface area contributed by atoms with E-state index in [9.17, 15) is 10.2 Å². The number of rotatable bonds is 2. The molecule has 0 radical (unpaired) electrons. The van der Waals surface area contributed by atoms with Crippen LogP contribution in [0.15, 0.2) is 48.5 Å². The zero-order valence-electron chi connectivity index (χ0n) is 16.4. The number of hydrogen-bond acceptors (Lipinski definition) is 2. The van der Waals surface area contributed by atoms with Gasteiger partial charge in [0.25, 0.3) is 0 Å². The summed E-state index contributed by atoms with van der Waals surface area (Å²) < 4.78 is 0. The first-order valence-electron chi connectivity index (χ1n) is 10.3. The third kappa shape index (κ3) is 7.33. The fourth-order valence-electron chi connectivity index (χ4n) is 4.41. The van der Waals surface area contributed by atoms with E-state index in [0.29, 0.717) is 11.8 Å². The monoisotopic (exact) mass is 390 g/mol. The van der Waals surface area contributed by atoms with Gasteiger partial charge in [-0.3, -0.25) is 0 Å². The second kappa shape index (κ2) is 12.0. The molecule has 0 spiro atoms. The summed E-state index contributed by atoms with van der Waals surface area (Å²) in [7, 11) is 0. The van der Waals surface area contributed by atoms with Gasteiger partial charge in [-0.15, -0.1) is 11.5 Å². The topological polar surface area (TPSA) is 46.1 Å². The minimum Gasteiger partial charge on any atom is -0.872 e. The van der Waals surface area contributed by atoms with Gasteiger partial charge in [0, 0.05) is 0 Å². The van der Waals surface area contributed by atoms with Crippen LogP contribution in [0.4, 0.5) is 0 Å². The molecule has 0 heterocycles. The maximum absolute atomic E-state index is 11.1. The Morgan fingerprint density at radius 2 is 0.926 bits per heavy atom. The smallest absolute Gasteiger partial charge is 0.872 e. The minimum atomic E-state index is 0. The molecule has 0 unspecified atom stereocenters. The zero-order valence-corrected chi connectivity index (χ0v) is 18.6. The van der Waals surface area contributed by atoms with E-state index in [0.717, 1.165) is 0 Å². The molecule has 0 saturated heterocycles. The molecule has 3 heteroatoms. The standard InChI is InChI=1S/2C12H16O.Ca/c2*13-12-8-4-7-11(9-12)10-5-2-1-3-6-10;/h2*4,7-10,13H,1-3,5-6H2;/q;;+2/p-2. The summed E-state index contributed by atoms with van der Waals surface area (Å²) in [5, 5.41) is 22.3. The van der Waals surface area contributed by atoms with Crippen molar-refractivity contribution in [1.82, 2.24) is 0 Å². The van der Waals surface area contributed by atoms with Crippen molar-refractivity contribution in [3.8, 4) is 11.5 Å². The van der Waals surface area contributed by atoms with Crippen LogP contribution in [0.1, 0.15) is 87.2 Å². The second-order valence-electron chi connectivity index (χ2n) is 7.81. The molecule has 0 bridgehead atoms. The first-order valence-corrected chi connectivity index (χ1v) is 10.3. The van der Waals surface area contributed by atoms with Crippen LogP contribution >= 0.6 is 0 Å². The summed E-state index contributed by atoms with van der Waals surface area (Å²) in [6.07, 6.45) is 13.1. The van der Waals surface area contributed by atoms with Crippen molar-refractivity contribution < 1.29 is 10.2 Å². The Kier molecular flexibility index (Phi) is 10.0. The normalized spacial score (nSPS) is 18.1. The molecule has 27 heavy (non-hydrogen) atoms. The van der Waals surface area contributed by atoms with Crippen LogP contribution in [0.25, 0.3) is 0 Å². The van der Waals surface area contributed by atoms with Gasteiger partial charge < -0.3 is 10.2 Å². The number of benzene rings is 2. The molecule has 2 saturated carbocycles. The van der Waals surface area contributed by atoms with E-state index in [1.165, 1.54) is 75.3 Å². The average molecular weight is 391 g/mol. The maximum atomic E-state index is 11.1. The van der Waals surface area contributed by atoms with Crippen LogP contribution in [0, 0.1) is 0 Å². The minimum absolute atomic E-state index is 0. The van der Waals surface area contributed by atoms with Gasteiger partial charge in [0.1, 0.15) is 0 Å². The van der Waals surface area contributed by atoms with E-state index in [1.54, 1.807) is 24.3 Å². The largest absolute Gasteiger partial charge is 2.00 e.